The Balaban J connectivity index is 1.40. The molecule has 0 aliphatic carbocycles. The summed E-state index contributed by atoms with van der Waals surface area (Å²) in [4.78, 5) is 46.4. The molecule has 0 N–H and O–H groups in total. The monoisotopic (exact) mass is 772 g/mol. The van der Waals surface area contributed by atoms with Crippen molar-refractivity contribution in [3.63, 3.8) is 0 Å². The molecule has 20 heteroatoms. The van der Waals surface area contributed by atoms with Gasteiger partial charge >= 0.3 is 24.3 Å². The highest BCUT2D eigenvalue weighted by Crippen LogP contribution is 2.39. The molecule has 12 nitrogen and oxygen atoms in total. The first-order valence-electron chi connectivity index (χ1n) is 13.8. The van der Waals surface area contributed by atoms with Gasteiger partial charge in [-0.05, 0) is 48.5 Å². The number of nitro benzene ring substituents is 2. The van der Waals surface area contributed by atoms with Gasteiger partial charge in [-0.2, -0.15) is 26.3 Å². The van der Waals surface area contributed by atoms with Gasteiger partial charge < -0.3 is 18.9 Å². The van der Waals surface area contributed by atoms with Gasteiger partial charge in [0.25, 0.3) is 11.4 Å². The molecule has 4 aromatic rings. The van der Waals surface area contributed by atoms with E-state index in [0.29, 0.717) is 24.3 Å². The predicted molar refractivity (Wildman–Crippen MR) is 168 cm³/mol. The molecule has 0 saturated heterocycles. The zero-order valence-corrected chi connectivity index (χ0v) is 26.9. The Morgan fingerprint density at radius 1 is 0.615 bits per heavy atom. The Labute approximate surface area is 296 Å². The molecule has 270 valence electrons. The van der Waals surface area contributed by atoms with E-state index in [1.54, 1.807) is 0 Å². The number of rotatable bonds is 10. The van der Waals surface area contributed by atoms with Gasteiger partial charge in [-0.1, -0.05) is 35.0 Å². The number of nitrogens with zero attached hydrogens (tertiary/aromatic N) is 2. The molecule has 0 amide bonds. The second-order valence-corrected chi connectivity index (χ2v) is 10.7. The molecule has 4 rings (SSSR count). The lowest BCUT2D eigenvalue weighted by Crippen LogP contribution is -2.10. The van der Waals surface area contributed by atoms with Gasteiger partial charge in [-0.25, -0.2) is 9.59 Å². The van der Waals surface area contributed by atoms with Crippen LogP contribution in [0.25, 0.3) is 0 Å². The van der Waals surface area contributed by atoms with Gasteiger partial charge in [0, 0.05) is 24.3 Å². The quantitative estimate of drug-likeness (QED) is 0.0500. The van der Waals surface area contributed by atoms with E-state index in [-0.39, 0.29) is 23.0 Å². The number of esters is 2. The molecule has 0 fully saturated rings. The van der Waals surface area contributed by atoms with Crippen LogP contribution in [0.1, 0.15) is 31.8 Å². The third kappa shape index (κ3) is 9.80. The molecule has 0 heterocycles. The molecule has 0 unspecified atom stereocenters. The molecule has 0 spiro atoms. The number of nitro groups is 2. The number of carbonyl (C=O) groups excluding carboxylic acids is 2. The van der Waals surface area contributed by atoms with Crippen LogP contribution in [0.2, 0.25) is 10.0 Å². The molecular formula is C32H16Cl2F6N2O10. The first kappa shape index (κ1) is 38.7. The molecule has 0 aromatic heterocycles. The van der Waals surface area contributed by atoms with Gasteiger partial charge in [0.2, 0.25) is 0 Å². The maximum Gasteiger partial charge on any atom is 0.416 e. The van der Waals surface area contributed by atoms with E-state index in [0.717, 1.165) is 48.5 Å². The van der Waals surface area contributed by atoms with E-state index >= 15 is 0 Å². The average molecular weight is 773 g/mol. The van der Waals surface area contributed by atoms with Crippen molar-refractivity contribution >= 4 is 46.5 Å². The second-order valence-electron chi connectivity index (χ2n) is 9.87. The van der Waals surface area contributed by atoms with Crippen molar-refractivity contribution in [1.82, 2.24) is 0 Å². The van der Waals surface area contributed by atoms with Gasteiger partial charge in [0.05, 0.1) is 31.0 Å². The molecule has 0 aliphatic heterocycles. The number of carbonyl (C=O) groups is 2. The fraction of sp³-hybridized carbons (Fsp3) is 0.125. The lowest BCUT2D eigenvalue weighted by atomic mass is 10.1. The normalized spacial score (nSPS) is 11.2. The van der Waals surface area contributed by atoms with Crippen LogP contribution in [0.5, 0.6) is 23.0 Å². The Kier molecular flexibility index (Phi) is 11.8. The summed E-state index contributed by atoms with van der Waals surface area (Å²) < 4.78 is 98.2. The van der Waals surface area contributed by atoms with E-state index in [1.165, 1.54) is 0 Å². The number of ether oxygens (including phenoxy) is 4. The number of halogens is 8. The molecular weight excluding hydrogens is 757 g/mol. The largest absolute Gasteiger partial charge is 0.456 e. The van der Waals surface area contributed by atoms with Gasteiger partial charge in [0.1, 0.15) is 34.1 Å². The van der Waals surface area contributed by atoms with Crippen molar-refractivity contribution in [2.75, 3.05) is 13.2 Å². The topological polar surface area (TPSA) is 157 Å². The highest BCUT2D eigenvalue weighted by Gasteiger charge is 2.32. The SMILES string of the molecule is O=C(OCC#CCOC(=O)c1cc(Oc2ccc(C(F)(F)F)cc2Cl)ccc1[N+](=O)[O-])c1cc(Oc2ccc(C(F)(F)F)cc2Cl)ccc1[N+](=O)[O-]. The molecule has 0 bridgehead atoms. The molecule has 4 aromatic carbocycles. The zero-order chi connectivity index (χ0) is 38.4. The standard InChI is InChI=1S/C32H16Cl2F6N2O10/c33-23-13-17(31(35,36)37)3-9-27(23)51-19-5-7-25(41(45)46)21(15-19)29(43)49-11-1-2-12-50-30(44)22-16-20(6-8-26(22)42(47)48)52-28-10-4-18(14-24(28)34)32(38,39)40/h3-10,13-16H,11-12H2. The molecule has 0 saturated carbocycles. The van der Waals surface area contributed by atoms with E-state index in [1.807, 2.05) is 0 Å². The third-order valence-corrected chi connectivity index (χ3v) is 7.01. The summed E-state index contributed by atoms with van der Waals surface area (Å²) >= 11 is 11.7. The fourth-order valence-corrected chi connectivity index (χ4v) is 4.48. The van der Waals surface area contributed by atoms with E-state index < -0.39 is 91.0 Å². The van der Waals surface area contributed by atoms with Gasteiger partial charge in [-0.15, -0.1) is 0 Å². The van der Waals surface area contributed by atoms with Crippen LogP contribution in [0.4, 0.5) is 37.7 Å². The molecule has 52 heavy (non-hydrogen) atoms. The summed E-state index contributed by atoms with van der Waals surface area (Å²) in [7, 11) is 0. The van der Waals surface area contributed by atoms with Crippen LogP contribution in [0, 0.1) is 32.1 Å². The minimum absolute atomic E-state index is 0.219. The molecule has 0 aliphatic rings. The van der Waals surface area contributed by atoms with Crippen molar-refractivity contribution in [2.24, 2.45) is 0 Å². The summed E-state index contributed by atoms with van der Waals surface area (Å²) in [6.07, 6.45) is -9.37. The van der Waals surface area contributed by atoms with Gasteiger partial charge in [-0.3, -0.25) is 20.2 Å². The minimum Gasteiger partial charge on any atom is -0.456 e. The smallest absolute Gasteiger partial charge is 0.416 e. The molecule has 0 radical (unpaired) electrons. The number of alkyl halides is 6. The predicted octanol–water partition coefficient (Wildman–Crippen LogP) is 9.45. The Hall–Kier alpha value is -6.06. The first-order chi connectivity index (χ1) is 24.3. The first-order valence-corrected chi connectivity index (χ1v) is 14.6. The Morgan fingerprint density at radius 2 is 0.981 bits per heavy atom. The van der Waals surface area contributed by atoms with E-state index in [2.05, 4.69) is 11.8 Å². The third-order valence-electron chi connectivity index (χ3n) is 6.42. The van der Waals surface area contributed by atoms with Crippen LogP contribution in [0.15, 0.2) is 72.8 Å². The van der Waals surface area contributed by atoms with E-state index in [9.17, 15) is 56.2 Å². The summed E-state index contributed by atoms with van der Waals surface area (Å²) in [5, 5.41) is 22.1. The maximum atomic E-state index is 12.9. The summed E-state index contributed by atoms with van der Waals surface area (Å²) in [5.74, 6) is 1.11. The van der Waals surface area contributed by atoms with Crippen molar-refractivity contribution in [1.29, 1.82) is 0 Å². The van der Waals surface area contributed by atoms with Gasteiger partial charge in [0.15, 0.2) is 13.2 Å². The minimum atomic E-state index is -4.68. The zero-order valence-electron chi connectivity index (χ0n) is 25.3. The van der Waals surface area contributed by atoms with Crippen LogP contribution in [-0.2, 0) is 21.8 Å². The summed E-state index contributed by atoms with van der Waals surface area (Å²) in [6, 6.07) is 10.1. The Bertz CT molecular complexity index is 1980. The number of benzene rings is 4. The average Bonchev–Trinajstić information content (AvgIpc) is 3.06. The van der Waals surface area contributed by atoms with Crippen LogP contribution in [0.3, 0.4) is 0 Å². The highest BCUT2D eigenvalue weighted by molar-refractivity contribution is 6.32. The van der Waals surface area contributed by atoms with Crippen molar-refractivity contribution in [3.8, 4) is 34.8 Å². The Morgan fingerprint density at radius 3 is 1.29 bits per heavy atom. The van der Waals surface area contributed by atoms with Crippen LogP contribution < -0.4 is 9.47 Å². The fourth-order valence-electron chi connectivity index (χ4n) is 4.04. The van der Waals surface area contributed by atoms with Crippen LogP contribution >= 0.6 is 23.2 Å². The summed E-state index contributed by atoms with van der Waals surface area (Å²) in [5.41, 5.74) is -4.78. The van der Waals surface area contributed by atoms with Crippen molar-refractivity contribution < 1.29 is 64.7 Å². The molecule has 0 atom stereocenters. The van der Waals surface area contributed by atoms with Crippen molar-refractivity contribution in [2.45, 2.75) is 12.4 Å². The lowest BCUT2D eigenvalue weighted by molar-refractivity contribution is -0.385. The highest BCUT2D eigenvalue weighted by atomic mass is 35.5. The maximum absolute atomic E-state index is 12.9. The number of hydrogen-bond acceptors (Lipinski definition) is 10. The summed E-state index contributed by atoms with van der Waals surface area (Å²) in [6.45, 7) is -1.39. The lowest BCUT2D eigenvalue weighted by Gasteiger charge is -2.12. The second kappa shape index (κ2) is 15.9. The van der Waals surface area contributed by atoms with Crippen molar-refractivity contribution in [3.05, 3.63) is 125 Å². The number of hydrogen-bond donors (Lipinski definition) is 0. The van der Waals surface area contributed by atoms with E-state index in [4.69, 9.17) is 42.1 Å². The van der Waals surface area contributed by atoms with Crippen LogP contribution in [-0.4, -0.2) is 35.0 Å².